The van der Waals surface area contributed by atoms with E-state index in [1.165, 1.54) is 10.9 Å². The first-order valence-electron chi connectivity index (χ1n) is 10.0. The largest absolute Gasteiger partial charge is 0.497 e. The fourth-order valence-corrected chi connectivity index (χ4v) is 3.91. The molecule has 0 saturated carbocycles. The average molecular weight is 397 g/mol. The SMILES string of the molecule is COc1ccc2c(Cc3cccc(CC4=NNNC4)n3)c(-c3ccccc3)[nH]c2c1. The summed E-state index contributed by atoms with van der Waals surface area (Å²) in [6.45, 7) is 0.744. The first-order chi connectivity index (χ1) is 14.8. The van der Waals surface area contributed by atoms with Crippen molar-refractivity contribution >= 4 is 16.6 Å². The third-order valence-corrected chi connectivity index (χ3v) is 5.37. The van der Waals surface area contributed by atoms with Gasteiger partial charge in [0.25, 0.3) is 0 Å². The smallest absolute Gasteiger partial charge is 0.120 e. The van der Waals surface area contributed by atoms with Crippen LogP contribution >= 0.6 is 0 Å². The monoisotopic (exact) mass is 397 g/mol. The fourth-order valence-electron chi connectivity index (χ4n) is 3.91. The van der Waals surface area contributed by atoms with Crippen molar-refractivity contribution in [3.63, 3.8) is 0 Å². The van der Waals surface area contributed by atoms with Crippen LogP contribution in [0.4, 0.5) is 0 Å². The highest BCUT2D eigenvalue weighted by Crippen LogP contribution is 2.33. The Bertz CT molecular complexity index is 1210. The van der Waals surface area contributed by atoms with Crippen LogP contribution in [0, 0.1) is 0 Å². The molecule has 150 valence electrons. The van der Waals surface area contributed by atoms with Crippen LogP contribution in [0.25, 0.3) is 22.2 Å². The summed E-state index contributed by atoms with van der Waals surface area (Å²) in [7, 11) is 1.69. The van der Waals surface area contributed by atoms with Crippen LogP contribution in [0.1, 0.15) is 17.0 Å². The van der Waals surface area contributed by atoms with Gasteiger partial charge in [0.1, 0.15) is 5.75 Å². The highest BCUT2D eigenvalue weighted by Gasteiger charge is 2.16. The van der Waals surface area contributed by atoms with Gasteiger partial charge in [-0.15, -0.1) is 0 Å². The molecule has 0 unspecified atom stereocenters. The third-order valence-electron chi connectivity index (χ3n) is 5.37. The standard InChI is InChI=1S/C24H23N5O/c1-30-20-10-11-21-22(24(27-23(21)14-20)16-6-3-2-4-7-16)13-18-9-5-8-17(26-18)12-19-15-25-29-28-19/h2-11,14,25,27,29H,12-13,15H2,1H3. The molecular formula is C24H23N5O. The predicted molar refractivity (Wildman–Crippen MR) is 120 cm³/mol. The van der Waals surface area contributed by atoms with E-state index < -0.39 is 0 Å². The van der Waals surface area contributed by atoms with Crippen LogP contribution in [0.2, 0.25) is 0 Å². The Morgan fingerprint density at radius 1 is 0.933 bits per heavy atom. The van der Waals surface area contributed by atoms with Crippen LogP contribution in [0.15, 0.2) is 71.8 Å². The first-order valence-corrected chi connectivity index (χ1v) is 10.0. The topological polar surface area (TPSA) is 74.3 Å². The molecule has 5 rings (SSSR count). The molecular weight excluding hydrogens is 374 g/mol. The van der Waals surface area contributed by atoms with Gasteiger partial charge in [-0.3, -0.25) is 4.98 Å². The van der Waals surface area contributed by atoms with Crippen molar-refractivity contribution in [2.75, 3.05) is 13.7 Å². The lowest BCUT2D eigenvalue weighted by atomic mass is 10.0. The van der Waals surface area contributed by atoms with Gasteiger partial charge in [0.05, 0.1) is 25.1 Å². The molecule has 0 radical (unpaired) electrons. The number of hydrazone groups is 1. The summed E-state index contributed by atoms with van der Waals surface area (Å²) < 4.78 is 5.42. The van der Waals surface area contributed by atoms with Gasteiger partial charge < -0.3 is 9.72 Å². The number of aromatic nitrogens is 2. The first kappa shape index (κ1) is 18.4. The van der Waals surface area contributed by atoms with E-state index in [-0.39, 0.29) is 0 Å². The third kappa shape index (κ3) is 3.65. The fraction of sp³-hybridized carbons (Fsp3) is 0.167. The second kappa shape index (κ2) is 8.00. The number of hydrogen-bond donors (Lipinski definition) is 3. The zero-order valence-electron chi connectivity index (χ0n) is 16.8. The van der Waals surface area contributed by atoms with Gasteiger partial charge in [-0.1, -0.05) is 36.4 Å². The van der Waals surface area contributed by atoms with Crippen molar-refractivity contribution in [2.24, 2.45) is 5.10 Å². The zero-order chi connectivity index (χ0) is 20.3. The number of fused-ring (bicyclic) bond motifs is 1. The molecule has 0 fully saturated rings. The minimum absolute atomic E-state index is 0.741. The molecule has 0 saturated heterocycles. The highest BCUT2D eigenvalue weighted by atomic mass is 16.5. The maximum Gasteiger partial charge on any atom is 0.120 e. The lowest BCUT2D eigenvalue weighted by Gasteiger charge is -2.07. The maximum absolute atomic E-state index is 5.42. The molecule has 1 aliphatic heterocycles. The number of ether oxygens (including phenoxy) is 1. The molecule has 4 aromatic rings. The van der Waals surface area contributed by atoms with Crippen molar-refractivity contribution in [2.45, 2.75) is 12.8 Å². The highest BCUT2D eigenvalue weighted by molar-refractivity contribution is 5.92. The number of nitrogens with zero attached hydrogens (tertiary/aromatic N) is 2. The summed E-state index contributed by atoms with van der Waals surface area (Å²) in [5.41, 5.74) is 13.5. The summed E-state index contributed by atoms with van der Waals surface area (Å²) >= 11 is 0. The number of hydrazine groups is 1. The normalized spacial score (nSPS) is 13.3. The summed E-state index contributed by atoms with van der Waals surface area (Å²) in [5.74, 6) is 0.842. The van der Waals surface area contributed by atoms with Crippen molar-refractivity contribution in [3.05, 3.63) is 83.7 Å². The average Bonchev–Trinajstić information content (AvgIpc) is 3.42. The van der Waals surface area contributed by atoms with E-state index in [2.05, 4.69) is 69.6 Å². The van der Waals surface area contributed by atoms with E-state index in [4.69, 9.17) is 9.72 Å². The van der Waals surface area contributed by atoms with E-state index in [1.54, 1.807) is 7.11 Å². The Kier molecular flexibility index (Phi) is 4.91. The summed E-state index contributed by atoms with van der Waals surface area (Å²) in [4.78, 5) is 8.52. The number of aromatic amines is 1. The number of pyridine rings is 1. The van der Waals surface area contributed by atoms with Gasteiger partial charge in [0.15, 0.2) is 0 Å². The molecule has 30 heavy (non-hydrogen) atoms. The Morgan fingerprint density at radius 2 is 1.77 bits per heavy atom. The van der Waals surface area contributed by atoms with Crippen LogP contribution in [0.5, 0.6) is 5.75 Å². The minimum atomic E-state index is 0.741. The second-order valence-corrected chi connectivity index (χ2v) is 7.37. The second-order valence-electron chi connectivity index (χ2n) is 7.37. The Morgan fingerprint density at radius 3 is 2.53 bits per heavy atom. The van der Waals surface area contributed by atoms with Gasteiger partial charge in [-0.2, -0.15) is 5.10 Å². The van der Waals surface area contributed by atoms with Crippen LogP contribution in [-0.4, -0.2) is 29.3 Å². The molecule has 0 amide bonds. The molecule has 0 bridgehead atoms. The van der Waals surface area contributed by atoms with Crippen molar-refractivity contribution in [1.82, 2.24) is 20.9 Å². The molecule has 3 heterocycles. The van der Waals surface area contributed by atoms with Gasteiger partial charge in [-0.25, -0.2) is 11.0 Å². The summed E-state index contributed by atoms with van der Waals surface area (Å²) in [6.07, 6.45) is 1.48. The van der Waals surface area contributed by atoms with Gasteiger partial charge >= 0.3 is 0 Å². The van der Waals surface area contributed by atoms with Gasteiger partial charge in [0, 0.05) is 41.2 Å². The van der Waals surface area contributed by atoms with Crippen LogP contribution < -0.4 is 15.7 Å². The Hall–Kier alpha value is -3.64. The van der Waals surface area contributed by atoms with E-state index in [1.807, 2.05) is 18.2 Å². The van der Waals surface area contributed by atoms with Crippen molar-refractivity contribution in [1.29, 1.82) is 0 Å². The predicted octanol–water partition coefficient (Wildman–Crippen LogP) is 3.84. The number of nitrogens with one attached hydrogen (secondary N) is 3. The number of H-pyrrole nitrogens is 1. The molecule has 3 N–H and O–H groups in total. The van der Waals surface area contributed by atoms with Gasteiger partial charge in [-0.05, 0) is 35.4 Å². The van der Waals surface area contributed by atoms with E-state index in [9.17, 15) is 0 Å². The van der Waals surface area contributed by atoms with Crippen LogP contribution in [-0.2, 0) is 12.8 Å². The molecule has 1 aliphatic rings. The Balaban J connectivity index is 1.54. The maximum atomic E-state index is 5.42. The molecule has 0 aliphatic carbocycles. The molecule has 6 nitrogen and oxygen atoms in total. The number of hydrogen-bond acceptors (Lipinski definition) is 5. The van der Waals surface area contributed by atoms with Crippen molar-refractivity contribution < 1.29 is 4.74 Å². The van der Waals surface area contributed by atoms with E-state index >= 15 is 0 Å². The molecule has 0 atom stereocenters. The van der Waals surface area contributed by atoms with E-state index in [0.29, 0.717) is 0 Å². The minimum Gasteiger partial charge on any atom is -0.497 e. The number of rotatable bonds is 6. The molecule has 6 heteroatoms. The lowest BCUT2D eigenvalue weighted by Crippen LogP contribution is -2.22. The molecule has 2 aromatic heterocycles. The number of benzene rings is 2. The molecule has 0 spiro atoms. The lowest BCUT2D eigenvalue weighted by molar-refractivity contribution is 0.415. The quantitative estimate of drug-likeness (QED) is 0.462. The van der Waals surface area contributed by atoms with Crippen LogP contribution in [0.3, 0.4) is 0 Å². The Labute approximate surface area is 175 Å². The van der Waals surface area contributed by atoms with Crippen molar-refractivity contribution in [3.8, 4) is 17.0 Å². The summed E-state index contributed by atoms with van der Waals surface area (Å²) in [5, 5.41) is 5.44. The molecule has 2 aromatic carbocycles. The number of methoxy groups -OCH3 is 1. The van der Waals surface area contributed by atoms with Gasteiger partial charge in [0.2, 0.25) is 0 Å². The zero-order valence-corrected chi connectivity index (χ0v) is 16.8. The summed E-state index contributed by atoms with van der Waals surface area (Å²) in [6, 6.07) is 22.8. The van der Waals surface area contributed by atoms with E-state index in [0.717, 1.165) is 59.0 Å².